The quantitative estimate of drug-likeness (QED) is 0.864. The number of hydrogen-bond donors (Lipinski definition) is 1. The standard InChI is InChI=1S/C18H21F3N2O4/c1-2-22-8-6-17(7-9-22)23(14(11-27-17)16(25)26)15(24)12-4-3-5-13(10-12)18(19,20)21/h3-5,10,14H,2,6-9,11H2,1H3,(H,25,26). The number of amides is 1. The van der Waals surface area contributed by atoms with Crippen LogP contribution in [0.1, 0.15) is 35.7 Å². The van der Waals surface area contributed by atoms with Crippen LogP contribution in [0, 0.1) is 0 Å². The fourth-order valence-corrected chi connectivity index (χ4v) is 3.74. The lowest BCUT2D eigenvalue weighted by Crippen LogP contribution is -2.58. The molecule has 2 fully saturated rings. The SMILES string of the molecule is CCN1CCC2(CC1)OCC(C(=O)O)N2C(=O)c1cccc(C(F)(F)F)c1. The van der Waals surface area contributed by atoms with Crippen LogP contribution >= 0.6 is 0 Å². The maximum atomic E-state index is 13.1. The lowest BCUT2D eigenvalue weighted by Gasteiger charge is -2.44. The van der Waals surface area contributed by atoms with Gasteiger partial charge in [-0.3, -0.25) is 9.69 Å². The Morgan fingerprint density at radius 3 is 2.52 bits per heavy atom. The van der Waals surface area contributed by atoms with Gasteiger partial charge < -0.3 is 14.7 Å². The number of halogens is 3. The second-order valence-electron chi connectivity index (χ2n) is 6.80. The average molecular weight is 386 g/mol. The van der Waals surface area contributed by atoms with E-state index in [9.17, 15) is 27.9 Å². The van der Waals surface area contributed by atoms with Crippen LogP contribution in [0.15, 0.2) is 24.3 Å². The number of aliphatic carboxylic acids is 1. The van der Waals surface area contributed by atoms with Crippen molar-refractivity contribution in [2.24, 2.45) is 0 Å². The van der Waals surface area contributed by atoms with E-state index < -0.39 is 35.4 Å². The second kappa shape index (κ2) is 7.12. The van der Waals surface area contributed by atoms with Crippen molar-refractivity contribution in [3.63, 3.8) is 0 Å². The number of carboxylic acids is 1. The molecular weight excluding hydrogens is 365 g/mol. The van der Waals surface area contributed by atoms with Crippen molar-refractivity contribution < 1.29 is 32.6 Å². The molecule has 6 nitrogen and oxygen atoms in total. The summed E-state index contributed by atoms with van der Waals surface area (Å²) in [6.45, 7) is 3.88. The van der Waals surface area contributed by atoms with Gasteiger partial charge >= 0.3 is 12.1 Å². The molecule has 1 aromatic carbocycles. The van der Waals surface area contributed by atoms with Crippen LogP contribution < -0.4 is 0 Å². The summed E-state index contributed by atoms with van der Waals surface area (Å²) in [5, 5.41) is 9.51. The highest BCUT2D eigenvalue weighted by molar-refractivity contribution is 5.97. The molecule has 3 rings (SSSR count). The molecule has 1 spiro atoms. The van der Waals surface area contributed by atoms with Crippen molar-refractivity contribution in [1.29, 1.82) is 0 Å². The van der Waals surface area contributed by atoms with Crippen LogP contribution in [0.5, 0.6) is 0 Å². The second-order valence-corrected chi connectivity index (χ2v) is 6.80. The molecule has 1 N–H and O–H groups in total. The predicted molar refractivity (Wildman–Crippen MR) is 89.1 cm³/mol. The van der Waals surface area contributed by atoms with Crippen LogP contribution in [0.4, 0.5) is 13.2 Å². The van der Waals surface area contributed by atoms with E-state index in [2.05, 4.69) is 4.90 Å². The average Bonchev–Trinajstić information content (AvgIpc) is 3.00. The first-order chi connectivity index (χ1) is 12.7. The zero-order valence-corrected chi connectivity index (χ0v) is 14.8. The molecule has 0 saturated carbocycles. The summed E-state index contributed by atoms with van der Waals surface area (Å²) in [4.78, 5) is 28.0. The van der Waals surface area contributed by atoms with Crippen molar-refractivity contribution in [1.82, 2.24) is 9.80 Å². The molecule has 1 unspecified atom stereocenters. The topological polar surface area (TPSA) is 70.1 Å². The van der Waals surface area contributed by atoms with Gasteiger partial charge in [-0.2, -0.15) is 13.2 Å². The number of benzene rings is 1. The summed E-state index contributed by atoms with van der Waals surface area (Å²) in [5.74, 6) is -1.99. The highest BCUT2D eigenvalue weighted by Crippen LogP contribution is 2.39. The third-order valence-corrected chi connectivity index (χ3v) is 5.29. The molecule has 2 aliphatic heterocycles. The van der Waals surface area contributed by atoms with Crippen LogP contribution in [-0.4, -0.2) is 64.8 Å². The number of nitrogens with zero attached hydrogens (tertiary/aromatic N) is 2. The molecule has 1 atom stereocenters. The Labute approximate surface area is 154 Å². The minimum Gasteiger partial charge on any atom is -0.480 e. The monoisotopic (exact) mass is 386 g/mol. The third kappa shape index (κ3) is 3.66. The van der Waals surface area contributed by atoms with E-state index in [4.69, 9.17) is 4.74 Å². The molecule has 1 amide bonds. The molecule has 1 aromatic rings. The van der Waals surface area contributed by atoms with Crippen molar-refractivity contribution in [3.05, 3.63) is 35.4 Å². The van der Waals surface area contributed by atoms with Gasteiger partial charge in [-0.15, -0.1) is 0 Å². The zero-order valence-electron chi connectivity index (χ0n) is 14.8. The van der Waals surface area contributed by atoms with Crippen molar-refractivity contribution >= 4 is 11.9 Å². The van der Waals surface area contributed by atoms with Gasteiger partial charge in [0.05, 0.1) is 12.2 Å². The number of likely N-dealkylation sites (tertiary alicyclic amines) is 1. The minimum absolute atomic E-state index is 0.174. The maximum Gasteiger partial charge on any atom is 0.416 e. The van der Waals surface area contributed by atoms with E-state index in [1.54, 1.807) is 0 Å². The molecule has 0 bridgehead atoms. The molecule has 0 aromatic heterocycles. The third-order valence-electron chi connectivity index (χ3n) is 5.29. The lowest BCUT2D eigenvalue weighted by molar-refractivity contribution is -0.144. The van der Waals surface area contributed by atoms with Gasteiger partial charge in [0, 0.05) is 31.5 Å². The van der Waals surface area contributed by atoms with Gasteiger partial charge in [0.2, 0.25) is 0 Å². The molecule has 0 aliphatic carbocycles. The van der Waals surface area contributed by atoms with Crippen LogP contribution in [0.25, 0.3) is 0 Å². The fraction of sp³-hybridized carbons (Fsp3) is 0.556. The highest BCUT2D eigenvalue weighted by Gasteiger charge is 2.54. The summed E-state index contributed by atoms with van der Waals surface area (Å²) in [6.07, 6.45) is -3.77. The van der Waals surface area contributed by atoms with Crippen molar-refractivity contribution in [3.8, 4) is 0 Å². The van der Waals surface area contributed by atoms with E-state index in [-0.39, 0.29) is 12.2 Å². The first-order valence-electron chi connectivity index (χ1n) is 8.78. The molecule has 27 heavy (non-hydrogen) atoms. The van der Waals surface area contributed by atoms with E-state index in [0.717, 1.165) is 29.6 Å². The molecule has 9 heteroatoms. The van der Waals surface area contributed by atoms with Gasteiger partial charge in [-0.1, -0.05) is 13.0 Å². The number of hydrogen-bond acceptors (Lipinski definition) is 4. The molecule has 0 radical (unpaired) electrons. The number of ether oxygens (including phenoxy) is 1. The summed E-state index contributed by atoms with van der Waals surface area (Å²) >= 11 is 0. The van der Waals surface area contributed by atoms with E-state index >= 15 is 0 Å². The maximum absolute atomic E-state index is 13.1. The van der Waals surface area contributed by atoms with Gasteiger partial charge in [0.15, 0.2) is 6.04 Å². The largest absolute Gasteiger partial charge is 0.480 e. The van der Waals surface area contributed by atoms with Crippen LogP contribution in [0.3, 0.4) is 0 Å². The molecule has 148 valence electrons. The number of carboxylic acid groups (broad SMARTS) is 1. The number of rotatable bonds is 3. The Morgan fingerprint density at radius 2 is 1.96 bits per heavy atom. The number of carbonyl (C=O) groups is 2. The Bertz CT molecular complexity index is 730. The fourth-order valence-electron chi connectivity index (χ4n) is 3.74. The first-order valence-corrected chi connectivity index (χ1v) is 8.78. The van der Waals surface area contributed by atoms with Gasteiger partial charge in [0.25, 0.3) is 5.91 Å². The van der Waals surface area contributed by atoms with E-state index in [0.29, 0.717) is 25.9 Å². The van der Waals surface area contributed by atoms with Gasteiger partial charge in [-0.25, -0.2) is 4.79 Å². The normalized spacial score (nSPS) is 23.0. The van der Waals surface area contributed by atoms with Crippen molar-refractivity contribution in [2.75, 3.05) is 26.2 Å². The number of carbonyl (C=O) groups excluding carboxylic acids is 1. The smallest absolute Gasteiger partial charge is 0.416 e. The number of piperidine rings is 1. The van der Waals surface area contributed by atoms with E-state index in [1.165, 1.54) is 6.07 Å². The van der Waals surface area contributed by atoms with Gasteiger partial charge in [-0.05, 0) is 24.7 Å². The van der Waals surface area contributed by atoms with Crippen molar-refractivity contribution in [2.45, 2.75) is 37.7 Å². The minimum atomic E-state index is -4.59. The van der Waals surface area contributed by atoms with E-state index in [1.807, 2.05) is 6.92 Å². The zero-order chi connectivity index (χ0) is 19.8. The summed E-state index contributed by atoms with van der Waals surface area (Å²) < 4.78 is 44.8. The highest BCUT2D eigenvalue weighted by atomic mass is 19.4. The Kier molecular flexibility index (Phi) is 5.18. The summed E-state index contributed by atoms with van der Waals surface area (Å²) in [6, 6.07) is 2.83. The molecular formula is C18H21F3N2O4. The lowest BCUT2D eigenvalue weighted by atomic mass is 9.96. The first kappa shape index (κ1) is 19.6. The summed E-state index contributed by atoms with van der Waals surface area (Å²) in [5.41, 5.74) is -2.24. The molecule has 2 saturated heterocycles. The van der Waals surface area contributed by atoms with Crippen LogP contribution in [0.2, 0.25) is 0 Å². The number of alkyl halides is 3. The summed E-state index contributed by atoms with van der Waals surface area (Å²) in [7, 11) is 0. The molecule has 2 aliphatic rings. The van der Waals surface area contributed by atoms with Gasteiger partial charge in [0.1, 0.15) is 5.72 Å². The predicted octanol–water partition coefficient (Wildman–Crippen LogP) is 2.44. The Balaban J connectivity index is 1.95. The van der Waals surface area contributed by atoms with Crippen LogP contribution in [-0.2, 0) is 15.7 Å². The molecule has 2 heterocycles. The Morgan fingerprint density at radius 1 is 1.30 bits per heavy atom. The Hall–Kier alpha value is -2.13.